The van der Waals surface area contributed by atoms with Crippen LogP contribution in [0.1, 0.15) is 19.8 Å². The zero-order valence-corrected chi connectivity index (χ0v) is 13.9. The lowest BCUT2D eigenvalue weighted by Gasteiger charge is -2.32. The summed E-state index contributed by atoms with van der Waals surface area (Å²) in [6.45, 7) is 2.75. The normalized spacial score (nSPS) is 25.4. The Labute approximate surface area is 139 Å². The molecule has 1 amide bonds. The zero-order chi connectivity index (χ0) is 16.3. The molecule has 7 heteroatoms. The summed E-state index contributed by atoms with van der Waals surface area (Å²) in [6, 6.07) is 4.87. The van der Waals surface area contributed by atoms with Crippen LogP contribution in [0.25, 0.3) is 0 Å². The molecule has 0 saturated carbocycles. The van der Waals surface area contributed by atoms with Crippen molar-refractivity contribution < 1.29 is 15.0 Å². The van der Waals surface area contributed by atoms with Gasteiger partial charge in [0.2, 0.25) is 5.91 Å². The lowest BCUT2D eigenvalue weighted by molar-refractivity contribution is -0.116. The molecule has 3 N–H and O–H groups in total. The number of aliphatic hydroxyl groups excluding tert-OH is 2. The number of nitrogens with one attached hydrogen (secondary N) is 1. The Hall–Kier alpha value is -0.850. The summed E-state index contributed by atoms with van der Waals surface area (Å²) in [4.78, 5) is 14.0. The number of carbonyl (C=O) groups is 1. The molecule has 0 bridgehead atoms. The van der Waals surface area contributed by atoms with Crippen LogP contribution >= 0.6 is 23.2 Å². The molecule has 1 aromatic rings. The summed E-state index contributed by atoms with van der Waals surface area (Å²) in [5.74, 6) is -0.189. The summed E-state index contributed by atoms with van der Waals surface area (Å²) in [5.41, 5.74) is -0.00142. The first-order valence-corrected chi connectivity index (χ1v) is 7.88. The molecule has 1 fully saturated rings. The molecule has 1 aromatic carbocycles. The smallest absolute Gasteiger partial charge is 0.225 e. The van der Waals surface area contributed by atoms with Gasteiger partial charge in [-0.15, -0.1) is 0 Å². The number of rotatable bonds is 5. The Morgan fingerprint density at radius 2 is 2.23 bits per heavy atom. The van der Waals surface area contributed by atoms with Crippen molar-refractivity contribution in [1.29, 1.82) is 0 Å². The van der Waals surface area contributed by atoms with Crippen molar-refractivity contribution in [2.75, 3.05) is 25.0 Å². The van der Waals surface area contributed by atoms with E-state index in [1.165, 1.54) is 0 Å². The van der Waals surface area contributed by atoms with Gasteiger partial charge in [-0.05, 0) is 31.5 Å². The summed E-state index contributed by atoms with van der Waals surface area (Å²) < 4.78 is 0. The second-order valence-corrected chi connectivity index (χ2v) is 6.72. The van der Waals surface area contributed by atoms with E-state index >= 15 is 0 Å². The maximum atomic E-state index is 12.0. The minimum Gasteiger partial charge on any atom is -0.394 e. The van der Waals surface area contributed by atoms with Crippen LogP contribution in [0.3, 0.4) is 0 Å². The number of anilines is 1. The molecule has 1 saturated heterocycles. The van der Waals surface area contributed by atoms with Gasteiger partial charge >= 0.3 is 0 Å². The van der Waals surface area contributed by atoms with E-state index in [9.17, 15) is 15.0 Å². The van der Waals surface area contributed by atoms with Gasteiger partial charge in [-0.1, -0.05) is 23.2 Å². The highest BCUT2D eigenvalue weighted by atomic mass is 35.5. The van der Waals surface area contributed by atoms with Gasteiger partial charge in [0.05, 0.1) is 23.4 Å². The summed E-state index contributed by atoms with van der Waals surface area (Å²) >= 11 is 11.9. The molecule has 5 nitrogen and oxygen atoms in total. The van der Waals surface area contributed by atoms with Crippen LogP contribution in [-0.2, 0) is 4.79 Å². The third-order valence-electron chi connectivity index (χ3n) is 4.02. The fraction of sp³-hybridized carbons (Fsp3) is 0.533. The summed E-state index contributed by atoms with van der Waals surface area (Å²) in [5, 5.41) is 22.9. The Morgan fingerprint density at radius 3 is 2.91 bits per heavy atom. The number of hydrogen-bond donors (Lipinski definition) is 3. The average molecular weight is 347 g/mol. The lowest BCUT2D eigenvalue weighted by Crippen LogP contribution is -2.45. The van der Waals surface area contributed by atoms with Gasteiger partial charge in [0.1, 0.15) is 0 Å². The average Bonchev–Trinajstić information content (AvgIpc) is 2.76. The van der Waals surface area contributed by atoms with E-state index in [0.29, 0.717) is 35.2 Å². The van der Waals surface area contributed by atoms with Gasteiger partial charge in [0.15, 0.2) is 0 Å². The van der Waals surface area contributed by atoms with Gasteiger partial charge in [0.25, 0.3) is 0 Å². The van der Waals surface area contributed by atoms with E-state index in [-0.39, 0.29) is 18.9 Å². The van der Waals surface area contributed by atoms with Crippen molar-refractivity contribution >= 4 is 34.8 Å². The van der Waals surface area contributed by atoms with E-state index in [1.807, 2.05) is 11.8 Å². The van der Waals surface area contributed by atoms with Crippen molar-refractivity contribution in [3.63, 3.8) is 0 Å². The van der Waals surface area contributed by atoms with Crippen LogP contribution in [0.2, 0.25) is 10.0 Å². The third kappa shape index (κ3) is 4.12. The second-order valence-electron chi connectivity index (χ2n) is 5.88. The van der Waals surface area contributed by atoms with Gasteiger partial charge in [0, 0.05) is 30.1 Å². The van der Waals surface area contributed by atoms with Crippen molar-refractivity contribution in [3.05, 3.63) is 28.2 Å². The Balaban J connectivity index is 1.91. The van der Waals surface area contributed by atoms with Gasteiger partial charge in [-0.3, -0.25) is 9.69 Å². The molecule has 0 spiro atoms. The van der Waals surface area contributed by atoms with Gasteiger partial charge in [-0.2, -0.15) is 0 Å². The number of aliphatic hydroxyl groups is 2. The molecule has 0 unspecified atom stereocenters. The molecule has 0 aromatic heterocycles. The molecule has 122 valence electrons. The highest BCUT2D eigenvalue weighted by Crippen LogP contribution is 2.29. The zero-order valence-electron chi connectivity index (χ0n) is 12.4. The number of benzene rings is 1. The molecule has 0 radical (unpaired) electrons. The van der Waals surface area contributed by atoms with Crippen molar-refractivity contribution in [2.45, 2.75) is 31.4 Å². The minimum absolute atomic E-state index is 0.0498. The van der Waals surface area contributed by atoms with Gasteiger partial charge in [-0.25, -0.2) is 0 Å². The molecule has 2 atom stereocenters. The van der Waals surface area contributed by atoms with E-state index < -0.39 is 11.6 Å². The predicted octanol–water partition coefficient (Wildman–Crippen LogP) is 2.14. The van der Waals surface area contributed by atoms with Crippen molar-refractivity contribution in [2.24, 2.45) is 0 Å². The highest BCUT2D eigenvalue weighted by molar-refractivity contribution is 6.35. The molecule has 2 rings (SSSR count). The summed E-state index contributed by atoms with van der Waals surface area (Å²) in [7, 11) is 0. The van der Waals surface area contributed by atoms with Gasteiger partial charge < -0.3 is 15.5 Å². The number of amides is 1. The van der Waals surface area contributed by atoms with E-state index in [4.69, 9.17) is 23.2 Å². The van der Waals surface area contributed by atoms with Crippen LogP contribution < -0.4 is 5.32 Å². The maximum Gasteiger partial charge on any atom is 0.225 e. The Kier molecular flexibility index (Phi) is 5.69. The van der Waals surface area contributed by atoms with Crippen LogP contribution in [0.4, 0.5) is 5.69 Å². The molecular formula is C15H20Cl2N2O3. The Morgan fingerprint density at radius 1 is 1.50 bits per heavy atom. The van der Waals surface area contributed by atoms with Crippen LogP contribution in [0.15, 0.2) is 18.2 Å². The van der Waals surface area contributed by atoms with E-state index in [2.05, 4.69) is 5.32 Å². The van der Waals surface area contributed by atoms with Crippen molar-refractivity contribution in [3.8, 4) is 0 Å². The quantitative estimate of drug-likeness (QED) is 0.763. The van der Waals surface area contributed by atoms with E-state index in [1.54, 1.807) is 18.2 Å². The number of hydrogen-bond acceptors (Lipinski definition) is 4. The number of halogens is 2. The lowest BCUT2D eigenvalue weighted by atomic mass is 9.99. The molecular weight excluding hydrogens is 327 g/mol. The molecule has 1 heterocycles. The SMILES string of the molecule is C[C@@]1(CO)C[C@@H](O)CN1CCC(=O)Nc1cc(Cl)ccc1Cl. The molecule has 22 heavy (non-hydrogen) atoms. The number of β-amino-alcohol motifs (C(OH)–C–C–N with tert-alkyl or cyclic N) is 1. The first-order valence-electron chi connectivity index (χ1n) is 7.13. The summed E-state index contributed by atoms with van der Waals surface area (Å²) in [6.07, 6.45) is 0.277. The molecule has 1 aliphatic rings. The largest absolute Gasteiger partial charge is 0.394 e. The first kappa shape index (κ1) is 17.5. The van der Waals surface area contributed by atoms with Crippen LogP contribution in [0, 0.1) is 0 Å². The van der Waals surface area contributed by atoms with Crippen LogP contribution in [0.5, 0.6) is 0 Å². The number of nitrogens with zero attached hydrogens (tertiary/aromatic N) is 1. The predicted molar refractivity (Wildman–Crippen MR) is 87.4 cm³/mol. The van der Waals surface area contributed by atoms with E-state index in [0.717, 1.165) is 0 Å². The van der Waals surface area contributed by atoms with Crippen LogP contribution in [-0.4, -0.2) is 52.4 Å². The third-order valence-corrected chi connectivity index (χ3v) is 4.59. The topological polar surface area (TPSA) is 72.8 Å². The number of carbonyl (C=O) groups excluding carboxylic acids is 1. The van der Waals surface area contributed by atoms with Crippen molar-refractivity contribution in [1.82, 2.24) is 4.90 Å². The molecule has 0 aliphatic carbocycles. The monoisotopic (exact) mass is 346 g/mol. The Bertz CT molecular complexity index is 556. The fourth-order valence-corrected chi connectivity index (χ4v) is 3.08. The minimum atomic E-state index is -0.479. The standard InChI is InChI=1S/C15H20Cl2N2O3/c1-15(9-20)7-11(21)8-19(15)5-4-14(22)18-13-6-10(16)2-3-12(13)17/h2-3,6,11,20-21H,4-5,7-9H2,1H3,(H,18,22)/t11-,15+/m1/s1. The highest BCUT2D eigenvalue weighted by Gasteiger charge is 2.40. The number of likely N-dealkylation sites (tertiary alicyclic amines) is 1. The maximum absolute atomic E-state index is 12.0. The molecule has 1 aliphatic heterocycles. The second kappa shape index (κ2) is 7.15. The fourth-order valence-electron chi connectivity index (χ4n) is 2.74. The first-order chi connectivity index (χ1) is 10.3.